The van der Waals surface area contributed by atoms with Gasteiger partial charge in [0.25, 0.3) is 0 Å². The molecule has 3 aromatic rings. The quantitative estimate of drug-likeness (QED) is 0.262. The van der Waals surface area contributed by atoms with Gasteiger partial charge in [-0.25, -0.2) is 4.79 Å². The van der Waals surface area contributed by atoms with Crippen LogP contribution in [-0.2, 0) is 9.36 Å². The first-order valence-corrected chi connectivity index (χ1v) is 10.8. The summed E-state index contributed by atoms with van der Waals surface area (Å²) in [6.45, 7) is 6.87. The summed E-state index contributed by atoms with van der Waals surface area (Å²) in [5, 5.41) is 0.967. The van der Waals surface area contributed by atoms with Gasteiger partial charge < -0.3 is 9.30 Å². The van der Waals surface area contributed by atoms with E-state index in [1.165, 1.54) is 0 Å². The zero-order chi connectivity index (χ0) is 21.0. The number of ether oxygens (including phenoxy) is 1. The van der Waals surface area contributed by atoms with Crippen LogP contribution < -0.4 is 15.3 Å². The van der Waals surface area contributed by atoms with Gasteiger partial charge in [0.1, 0.15) is 5.75 Å². The van der Waals surface area contributed by atoms with Crippen molar-refractivity contribution in [1.29, 1.82) is 0 Å². The SMILES string of the molecule is C=CC(=O)Oc1cc(C)c(C(=O)P(=O)(c2ccccc2)c2ccccc2)c(C)c1. The van der Waals surface area contributed by atoms with E-state index in [9.17, 15) is 14.2 Å². The van der Waals surface area contributed by atoms with E-state index in [2.05, 4.69) is 6.58 Å². The molecular formula is C24H21O4P. The number of esters is 1. The summed E-state index contributed by atoms with van der Waals surface area (Å²) < 4.78 is 19.5. The summed E-state index contributed by atoms with van der Waals surface area (Å²) in [5.41, 5.74) is 1.12. The van der Waals surface area contributed by atoms with E-state index >= 15 is 0 Å². The second-order valence-corrected chi connectivity index (χ2v) is 9.30. The summed E-state index contributed by atoms with van der Waals surface area (Å²) in [5.74, 6) is -0.266. The van der Waals surface area contributed by atoms with Gasteiger partial charge in [-0.15, -0.1) is 0 Å². The number of aryl methyl sites for hydroxylation is 2. The van der Waals surface area contributed by atoms with E-state index < -0.39 is 18.6 Å². The Kier molecular flexibility index (Phi) is 5.95. The van der Waals surface area contributed by atoms with Crippen LogP contribution >= 0.6 is 7.14 Å². The minimum atomic E-state index is -3.60. The molecule has 0 aromatic heterocycles. The molecule has 0 bridgehead atoms. The third-order valence-corrected chi connectivity index (χ3v) is 7.48. The molecule has 0 unspecified atom stereocenters. The van der Waals surface area contributed by atoms with Gasteiger partial charge in [0, 0.05) is 22.2 Å². The molecule has 0 heterocycles. The van der Waals surface area contributed by atoms with Crippen molar-refractivity contribution in [3.05, 3.63) is 102 Å². The maximum atomic E-state index is 14.3. The lowest BCUT2D eigenvalue weighted by atomic mass is 10.0. The van der Waals surface area contributed by atoms with Gasteiger partial charge in [-0.2, -0.15) is 0 Å². The zero-order valence-electron chi connectivity index (χ0n) is 16.3. The fourth-order valence-electron chi connectivity index (χ4n) is 3.29. The molecule has 0 aliphatic rings. The number of carbonyl (C=O) groups is 2. The van der Waals surface area contributed by atoms with Crippen LogP contribution in [0.4, 0.5) is 0 Å². The summed E-state index contributed by atoms with van der Waals surface area (Å²) in [7, 11) is -3.60. The highest BCUT2D eigenvalue weighted by molar-refractivity contribution is 7.93. The van der Waals surface area contributed by atoms with Gasteiger partial charge in [0.15, 0.2) is 0 Å². The summed E-state index contributed by atoms with van der Waals surface area (Å²) in [6.07, 6.45) is 1.07. The summed E-state index contributed by atoms with van der Waals surface area (Å²) >= 11 is 0. The minimum Gasteiger partial charge on any atom is -0.423 e. The van der Waals surface area contributed by atoms with Gasteiger partial charge in [0.2, 0.25) is 12.7 Å². The van der Waals surface area contributed by atoms with Crippen molar-refractivity contribution in [2.24, 2.45) is 0 Å². The average molecular weight is 404 g/mol. The van der Waals surface area contributed by atoms with E-state index in [0.717, 1.165) is 6.08 Å². The molecule has 146 valence electrons. The molecule has 0 saturated carbocycles. The van der Waals surface area contributed by atoms with Gasteiger partial charge in [0.05, 0.1) is 0 Å². The minimum absolute atomic E-state index is 0.315. The maximum absolute atomic E-state index is 14.3. The zero-order valence-corrected chi connectivity index (χ0v) is 17.2. The molecule has 0 spiro atoms. The molecule has 3 rings (SSSR count). The largest absolute Gasteiger partial charge is 0.423 e. The van der Waals surface area contributed by atoms with E-state index in [4.69, 9.17) is 4.74 Å². The molecule has 0 atom stereocenters. The topological polar surface area (TPSA) is 60.4 Å². The van der Waals surface area contributed by atoms with Crippen molar-refractivity contribution in [3.8, 4) is 5.75 Å². The predicted octanol–water partition coefficient (Wildman–Crippen LogP) is 4.55. The Hall–Kier alpha value is -3.23. The van der Waals surface area contributed by atoms with Crippen LogP contribution in [0.15, 0.2) is 85.5 Å². The standard InChI is InChI=1S/C24H21O4P/c1-4-22(25)28-19-15-17(2)23(18(3)16-19)24(26)29(27,20-11-7-5-8-12-20)21-13-9-6-10-14-21/h4-16H,1H2,2-3H3. The molecule has 0 radical (unpaired) electrons. The van der Waals surface area contributed by atoms with Gasteiger partial charge in [-0.1, -0.05) is 67.2 Å². The molecule has 0 aliphatic carbocycles. The Morgan fingerprint density at radius 2 is 1.31 bits per heavy atom. The van der Waals surface area contributed by atoms with Crippen molar-refractivity contribution in [1.82, 2.24) is 0 Å². The van der Waals surface area contributed by atoms with Crippen molar-refractivity contribution in [3.63, 3.8) is 0 Å². The highest BCUT2D eigenvalue weighted by Gasteiger charge is 2.38. The number of hydrogen-bond acceptors (Lipinski definition) is 4. The second kappa shape index (κ2) is 8.42. The van der Waals surface area contributed by atoms with Crippen LogP contribution in [0.5, 0.6) is 5.75 Å². The molecule has 0 N–H and O–H groups in total. The average Bonchev–Trinajstić information content (AvgIpc) is 2.73. The van der Waals surface area contributed by atoms with Crippen LogP contribution in [0.2, 0.25) is 0 Å². The summed E-state index contributed by atoms with van der Waals surface area (Å²) in [6, 6.07) is 20.8. The maximum Gasteiger partial charge on any atom is 0.335 e. The number of hydrogen-bond donors (Lipinski definition) is 0. The van der Waals surface area contributed by atoms with Crippen LogP contribution in [0, 0.1) is 13.8 Å². The molecule has 0 amide bonds. The first-order valence-electron chi connectivity index (χ1n) is 9.09. The van der Waals surface area contributed by atoms with Crippen molar-refractivity contribution in [2.45, 2.75) is 13.8 Å². The normalized spacial score (nSPS) is 11.0. The van der Waals surface area contributed by atoms with Crippen molar-refractivity contribution in [2.75, 3.05) is 0 Å². The molecule has 3 aromatic carbocycles. The van der Waals surface area contributed by atoms with Crippen LogP contribution in [0.25, 0.3) is 0 Å². The van der Waals surface area contributed by atoms with Crippen LogP contribution in [0.3, 0.4) is 0 Å². The summed E-state index contributed by atoms with van der Waals surface area (Å²) in [4.78, 5) is 25.2. The Labute approximate surface area is 170 Å². The Morgan fingerprint density at radius 1 is 0.862 bits per heavy atom. The Morgan fingerprint density at radius 3 is 1.72 bits per heavy atom. The fraction of sp³-hybridized carbons (Fsp3) is 0.0833. The molecule has 4 nitrogen and oxygen atoms in total. The van der Waals surface area contributed by atoms with Crippen molar-refractivity contribution < 1.29 is 18.9 Å². The molecule has 0 fully saturated rings. The van der Waals surface area contributed by atoms with E-state index in [1.54, 1.807) is 74.5 Å². The smallest absolute Gasteiger partial charge is 0.335 e. The van der Waals surface area contributed by atoms with E-state index in [0.29, 0.717) is 33.0 Å². The van der Waals surface area contributed by atoms with Crippen molar-refractivity contribution >= 4 is 29.2 Å². The third kappa shape index (κ3) is 3.98. The Bertz CT molecular complexity index is 1050. The molecule has 0 aliphatic heterocycles. The first-order chi connectivity index (χ1) is 13.9. The number of rotatable bonds is 6. The van der Waals surface area contributed by atoms with E-state index in [-0.39, 0.29) is 0 Å². The highest BCUT2D eigenvalue weighted by Crippen LogP contribution is 2.48. The van der Waals surface area contributed by atoms with Crippen LogP contribution in [-0.4, -0.2) is 11.5 Å². The monoisotopic (exact) mass is 404 g/mol. The number of benzene rings is 3. The highest BCUT2D eigenvalue weighted by atomic mass is 31.2. The van der Waals surface area contributed by atoms with E-state index in [1.807, 2.05) is 12.1 Å². The number of carbonyl (C=O) groups excluding carboxylic acids is 2. The van der Waals surface area contributed by atoms with Gasteiger partial charge in [-0.3, -0.25) is 4.79 Å². The lowest BCUT2D eigenvalue weighted by Crippen LogP contribution is -2.23. The molecule has 0 saturated heterocycles. The van der Waals surface area contributed by atoms with Gasteiger partial charge >= 0.3 is 5.97 Å². The molecule has 5 heteroatoms. The first kappa shape index (κ1) is 20.5. The predicted molar refractivity (Wildman–Crippen MR) is 116 cm³/mol. The second-order valence-electron chi connectivity index (χ2n) is 6.64. The molecule has 29 heavy (non-hydrogen) atoms. The fourth-order valence-corrected chi connectivity index (χ4v) is 5.91. The lowest BCUT2D eigenvalue weighted by Gasteiger charge is -2.20. The Balaban J connectivity index is 2.16. The lowest BCUT2D eigenvalue weighted by molar-refractivity contribution is -0.128. The molecular weight excluding hydrogens is 383 g/mol. The third-order valence-electron chi connectivity index (χ3n) is 4.63. The van der Waals surface area contributed by atoms with Gasteiger partial charge in [-0.05, 0) is 37.1 Å². The van der Waals surface area contributed by atoms with Crippen LogP contribution in [0.1, 0.15) is 21.5 Å².